The highest BCUT2D eigenvalue weighted by molar-refractivity contribution is 6.07. The van der Waals surface area contributed by atoms with E-state index in [4.69, 9.17) is 0 Å². The minimum Gasteiger partial charge on any atom is -0.294 e. The summed E-state index contributed by atoms with van der Waals surface area (Å²) in [6.45, 7) is 8.30. The van der Waals surface area contributed by atoms with Gasteiger partial charge in [-0.25, -0.2) is 0 Å². The Morgan fingerprint density at radius 2 is 1.60 bits per heavy atom. The number of carbonyl (C=O) groups excluding carboxylic acids is 2. The number of para-hydroxylation sites is 1. The van der Waals surface area contributed by atoms with Crippen molar-refractivity contribution in [2.45, 2.75) is 47.0 Å². The second kappa shape index (κ2) is 7.71. The van der Waals surface area contributed by atoms with Gasteiger partial charge in [0.05, 0.1) is 5.69 Å². The third-order valence-electron chi connectivity index (χ3n) is 6.16. The Labute approximate surface area is 179 Å². The molecule has 0 bridgehead atoms. The summed E-state index contributed by atoms with van der Waals surface area (Å²) < 4.78 is 0. The van der Waals surface area contributed by atoms with Crippen molar-refractivity contribution < 1.29 is 9.59 Å². The minimum atomic E-state index is -0.170. The van der Waals surface area contributed by atoms with Crippen LogP contribution in [0.2, 0.25) is 0 Å². The van der Waals surface area contributed by atoms with Crippen molar-refractivity contribution in [2.75, 3.05) is 4.90 Å². The molecule has 154 valence electrons. The Morgan fingerprint density at radius 3 is 2.27 bits per heavy atom. The van der Waals surface area contributed by atoms with Crippen molar-refractivity contribution in [1.29, 1.82) is 0 Å². The molecule has 0 saturated heterocycles. The third kappa shape index (κ3) is 3.77. The van der Waals surface area contributed by atoms with E-state index >= 15 is 0 Å². The maximum atomic E-state index is 13.4. The zero-order valence-electron chi connectivity index (χ0n) is 18.2. The molecular weight excluding hydrogens is 370 g/mol. The minimum absolute atomic E-state index is 0.0689. The van der Waals surface area contributed by atoms with Crippen LogP contribution in [0.25, 0.3) is 6.08 Å². The summed E-state index contributed by atoms with van der Waals surface area (Å²) in [5.41, 5.74) is 5.69. The Balaban J connectivity index is 1.85. The summed E-state index contributed by atoms with van der Waals surface area (Å²) in [6.07, 6.45) is 5.65. The van der Waals surface area contributed by atoms with Crippen LogP contribution in [0.4, 0.5) is 5.69 Å². The van der Waals surface area contributed by atoms with E-state index in [1.54, 1.807) is 0 Å². The van der Waals surface area contributed by atoms with Gasteiger partial charge in [-0.1, -0.05) is 74.5 Å². The lowest BCUT2D eigenvalue weighted by molar-refractivity contribution is -0.121. The highest BCUT2D eigenvalue weighted by atomic mass is 16.2. The topological polar surface area (TPSA) is 37.4 Å². The summed E-state index contributed by atoms with van der Waals surface area (Å²) in [7, 11) is 0. The first kappa shape index (κ1) is 20.3. The number of benzene rings is 2. The Hall–Kier alpha value is -2.94. The van der Waals surface area contributed by atoms with E-state index in [0.717, 1.165) is 40.1 Å². The number of carbonyl (C=O) groups is 2. The van der Waals surface area contributed by atoms with Gasteiger partial charge in [0.15, 0.2) is 5.78 Å². The van der Waals surface area contributed by atoms with Crippen LogP contribution in [0.1, 0.15) is 49.8 Å². The van der Waals surface area contributed by atoms with Gasteiger partial charge in [0.25, 0.3) is 0 Å². The number of allylic oxidation sites excluding steroid dienone is 3. The number of nitrogens with zero attached hydrogens (tertiary/aromatic N) is 1. The fourth-order valence-corrected chi connectivity index (χ4v) is 4.83. The monoisotopic (exact) mass is 399 g/mol. The van der Waals surface area contributed by atoms with Gasteiger partial charge in [-0.2, -0.15) is 0 Å². The first-order valence-electron chi connectivity index (χ1n) is 10.7. The highest BCUT2D eigenvalue weighted by Gasteiger charge is 2.43. The van der Waals surface area contributed by atoms with Crippen LogP contribution in [0.15, 0.2) is 65.9 Å². The van der Waals surface area contributed by atoms with Gasteiger partial charge in [-0.05, 0) is 42.4 Å². The molecule has 3 heteroatoms. The van der Waals surface area contributed by atoms with Gasteiger partial charge in [0.1, 0.15) is 0 Å². The molecule has 0 spiro atoms. The summed E-state index contributed by atoms with van der Waals surface area (Å²) in [4.78, 5) is 28.6. The van der Waals surface area contributed by atoms with E-state index < -0.39 is 0 Å². The van der Waals surface area contributed by atoms with Crippen molar-refractivity contribution in [1.82, 2.24) is 0 Å². The molecule has 1 aliphatic heterocycles. The van der Waals surface area contributed by atoms with Crippen LogP contribution >= 0.6 is 0 Å². The summed E-state index contributed by atoms with van der Waals surface area (Å²) >= 11 is 0. The van der Waals surface area contributed by atoms with Gasteiger partial charge >= 0.3 is 0 Å². The standard InChI is InChI=1S/C27H29NO2/c1-18-9-8-10-19(2)26(18)28-22-16-27(3,4)17-23(29)25(22)21(15-24(28)30)14-13-20-11-6-5-7-12-20/h5-14,21H,15-17H2,1-4H3/b14-13+. The molecule has 0 fully saturated rings. The lowest BCUT2D eigenvalue weighted by Gasteiger charge is -2.43. The molecule has 0 aromatic heterocycles. The normalized spacial score (nSPS) is 21.3. The molecule has 2 aliphatic rings. The second-order valence-corrected chi connectivity index (χ2v) is 9.35. The quantitative estimate of drug-likeness (QED) is 0.633. The molecule has 1 unspecified atom stereocenters. The first-order chi connectivity index (χ1) is 14.3. The molecule has 3 nitrogen and oxygen atoms in total. The molecule has 2 aromatic rings. The molecule has 2 aromatic carbocycles. The average molecular weight is 400 g/mol. The smallest absolute Gasteiger partial charge is 0.232 e. The lowest BCUT2D eigenvalue weighted by Crippen LogP contribution is -2.44. The Bertz CT molecular complexity index is 1040. The molecule has 1 amide bonds. The van der Waals surface area contributed by atoms with Crippen LogP contribution in [0, 0.1) is 25.2 Å². The fraction of sp³-hybridized carbons (Fsp3) is 0.333. The molecule has 0 N–H and O–H groups in total. The van der Waals surface area contributed by atoms with E-state index in [0.29, 0.717) is 12.8 Å². The number of amides is 1. The molecular formula is C27H29NO2. The summed E-state index contributed by atoms with van der Waals surface area (Å²) in [5, 5.41) is 0. The van der Waals surface area contributed by atoms with Crippen LogP contribution < -0.4 is 4.90 Å². The van der Waals surface area contributed by atoms with Crippen molar-refractivity contribution in [3.05, 3.63) is 82.6 Å². The molecule has 0 radical (unpaired) electrons. The van der Waals surface area contributed by atoms with E-state index in [1.807, 2.05) is 79.4 Å². The van der Waals surface area contributed by atoms with Crippen LogP contribution in [0.5, 0.6) is 0 Å². The Morgan fingerprint density at radius 1 is 0.933 bits per heavy atom. The molecule has 0 saturated carbocycles. The Kier molecular flexibility index (Phi) is 5.23. The van der Waals surface area contributed by atoms with E-state index in [9.17, 15) is 9.59 Å². The molecule has 1 aliphatic carbocycles. The largest absolute Gasteiger partial charge is 0.294 e. The van der Waals surface area contributed by atoms with Gasteiger partial charge < -0.3 is 0 Å². The molecule has 30 heavy (non-hydrogen) atoms. The molecule has 1 atom stereocenters. The number of ketones is 1. The number of hydrogen-bond donors (Lipinski definition) is 0. The van der Waals surface area contributed by atoms with Crippen molar-refractivity contribution in [3.8, 4) is 0 Å². The molecule has 1 heterocycles. The zero-order valence-corrected chi connectivity index (χ0v) is 18.2. The van der Waals surface area contributed by atoms with E-state index in [2.05, 4.69) is 13.8 Å². The fourth-order valence-electron chi connectivity index (χ4n) is 4.83. The zero-order chi connectivity index (χ0) is 21.5. The molecule has 4 rings (SSSR count). The maximum absolute atomic E-state index is 13.4. The van der Waals surface area contributed by atoms with Crippen LogP contribution in [0.3, 0.4) is 0 Å². The van der Waals surface area contributed by atoms with Crippen molar-refractivity contribution in [2.24, 2.45) is 11.3 Å². The number of Topliss-reactive ketones (excluding diaryl/α,β-unsaturated/α-hetero) is 1. The number of rotatable bonds is 3. The second-order valence-electron chi connectivity index (χ2n) is 9.35. The predicted molar refractivity (Wildman–Crippen MR) is 122 cm³/mol. The summed E-state index contributed by atoms with van der Waals surface area (Å²) in [6, 6.07) is 16.1. The number of hydrogen-bond acceptors (Lipinski definition) is 2. The number of aryl methyl sites for hydroxylation is 2. The average Bonchev–Trinajstić information content (AvgIpc) is 2.67. The highest BCUT2D eigenvalue weighted by Crippen LogP contribution is 2.46. The number of anilines is 1. The van der Waals surface area contributed by atoms with E-state index in [-0.39, 0.29) is 23.0 Å². The van der Waals surface area contributed by atoms with Crippen LogP contribution in [-0.2, 0) is 9.59 Å². The predicted octanol–water partition coefficient (Wildman–Crippen LogP) is 6.01. The lowest BCUT2D eigenvalue weighted by atomic mass is 9.70. The van der Waals surface area contributed by atoms with Gasteiger partial charge in [-0.15, -0.1) is 0 Å². The van der Waals surface area contributed by atoms with Crippen molar-refractivity contribution in [3.63, 3.8) is 0 Å². The van der Waals surface area contributed by atoms with Crippen molar-refractivity contribution >= 4 is 23.5 Å². The van der Waals surface area contributed by atoms with Gasteiger partial charge in [0.2, 0.25) is 5.91 Å². The maximum Gasteiger partial charge on any atom is 0.232 e. The van der Waals surface area contributed by atoms with Gasteiger partial charge in [-0.3, -0.25) is 14.5 Å². The van der Waals surface area contributed by atoms with E-state index in [1.165, 1.54) is 0 Å². The summed E-state index contributed by atoms with van der Waals surface area (Å²) in [5.74, 6) is 0.0731. The first-order valence-corrected chi connectivity index (χ1v) is 10.7. The third-order valence-corrected chi connectivity index (χ3v) is 6.16. The SMILES string of the molecule is Cc1cccc(C)c1N1C(=O)CC(/C=C/c2ccccc2)C2=C1CC(C)(C)CC2=O. The van der Waals surface area contributed by atoms with Crippen LogP contribution in [-0.4, -0.2) is 11.7 Å². The van der Waals surface area contributed by atoms with Gasteiger partial charge in [0, 0.05) is 30.0 Å².